The highest BCUT2D eigenvalue weighted by Crippen LogP contribution is 2.39. The van der Waals surface area contributed by atoms with Crippen LogP contribution in [0.4, 0.5) is 0 Å². The summed E-state index contributed by atoms with van der Waals surface area (Å²) < 4.78 is 0. The molecule has 0 aromatic heterocycles. The van der Waals surface area contributed by atoms with Gasteiger partial charge in [-0.3, -0.25) is 9.59 Å². The predicted molar refractivity (Wildman–Crippen MR) is 114 cm³/mol. The van der Waals surface area contributed by atoms with Gasteiger partial charge >= 0.3 is 5.97 Å². The van der Waals surface area contributed by atoms with Crippen molar-refractivity contribution < 1.29 is 14.7 Å². The molecule has 0 unspecified atom stereocenters. The quantitative estimate of drug-likeness (QED) is 0.445. The number of aryl methyl sites for hydroxylation is 1. The van der Waals surface area contributed by atoms with Crippen LogP contribution in [0, 0.1) is 12.3 Å². The number of rotatable bonds is 8. The Morgan fingerprint density at radius 1 is 1.22 bits per heavy atom. The molecule has 1 heterocycles. The lowest BCUT2D eigenvalue weighted by Crippen LogP contribution is -2.37. The maximum atomic E-state index is 12.8. The second-order valence-electron chi connectivity index (χ2n) is 7.33. The number of carbonyl (C=O) groups excluding carboxylic acids is 1. The maximum absolute atomic E-state index is 12.8. The summed E-state index contributed by atoms with van der Waals surface area (Å²) in [5, 5.41) is 9.70. The van der Waals surface area contributed by atoms with E-state index >= 15 is 0 Å². The lowest BCUT2D eigenvalue weighted by molar-refractivity contribution is -0.149. The normalized spacial score (nSPS) is 17.2. The monoisotopic (exact) mass is 386 g/mol. The third-order valence-corrected chi connectivity index (χ3v) is 6.32. The largest absolute Gasteiger partial charge is 0.481 e. The molecule has 0 amide bonds. The Hall–Kier alpha value is -1.81. The zero-order valence-corrected chi connectivity index (χ0v) is 17.4. The highest BCUT2D eigenvalue weighted by atomic mass is 32.2. The van der Waals surface area contributed by atoms with Crippen molar-refractivity contribution in [2.24, 2.45) is 5.41 Å². The molecule has 4 heteroatoms. The summed E-state index contributed by atoms with van der Waals surface area (Å²) in [6.07, 6.45) is 9.68. The van der Waals surface area contributed by atoms with E-state index in [9.17, 15) is 14.7 Å². The van der Waals surface area contributed by atoms with Gasteiger partial charge in [-0.05, 0) is 73.8 Å². The first-order valence-corrected chi connectivity index (χ1v) is 10.8. The summed E-state index contributed by atoms with van der Waals surface area (Å²) in [5.74, 6) is 0.733. The molecular weight excluding hydrogens is 356 g/mol. The maximum Gasteiger partial charge on any atom is 0.310 e. The fourth-order valence-corrected chi connectivity index (χ4v) is 4.81. The molecular formula is C23H30O3S. The van der Waals surface area contributed by atoms with E-state index in [-0.39, 0.29) is 12.2 Å². The van der Waals surface area contributed by atoms with E-state index in [1.165, 1.54) is 5.57 Å². The fourth-order valence-electron chi connectivity index (χ4n) is 3.54. The third kappa shape index (κ3) is 5.58. The number of carboxylic acid groups (broad SMARTS) is 1. The van der Waals surface area contributed by atoms with E-state index in [0.717, 1.165) is 35.5 Å². The number of ketones is 1. The smallest absolute Gasteiger partial charge is 0.310 e. The van der Waals surface area contributed by atoms with Gasteiger partial charge < -0.3 is 5.11 Å². The van der Waals surface area contributed by atoms with Gasteiger partial charge in [0, 0.05) is 12.0 Å². The molecule has 0 radical (unpaired) electrons. The van der Waals surface area contributed by atoms with Crippen molar-refractivity contribution in [3.8, 4) is 0 Å². The van der Waals surface area contributed by atoms with Crippen molar-refractivity contribution in [2.75, 3.05) is 11.5 Å². The first-order valence-electron chi connectivity index (χ1n) is 9.67. The summed E-state index contributed by atoms with van der Waals surface area (Å²) in [5.41, 5.74) is 3.11. The van der Waals surface area contributed by atoms with Gasteiger partial charge in [0.15, 0.2) is 5.78 Å². The SMILES string of the molecule is CC/C=C\C/C=C(\C)c1ccc(C(=O)CC2(C(=O)O)CCSCC2)cc1C. The van der Waals surface area contributed by atoms with Crippen LogP contribution in [0.1, 0.15) is 67.4 Å². The molecule has 146 valence electrons. The molecule has 1 aromatic carbocycles. The van der Waals surface area contributed by atoms with E-state index in [0.29, 0.717) is 18.4 Å². The van der Waals surface area contributed by atoms with E-state index in [2.05, 4.69) is 32.1 Å². The molecule has 3 nitrogen and oxygen atoms in total. The zero-order valence-electron chi connectivity index (χ0n) is 16.6. The van der Waals surface area contributed by atoms with Crippen LogP contribution in [-0.4, -0.2) is 28.4 Å². The summed E-state index contributed by atoms with van der Waals surface area (Å²) in [4.78, 5) is 24.6. The first kappa shape index (κ1) is 21.5. The van der Waals surface area contributed by atoms with Gasteiger partial charge in [-0.25, -0.2) is 0 Å². The van der Waals surface area contributed by atoms with E-state index in [1.807, 2.05) is 25.1 Å². The fraction of sp³-hybridized carbons (Fsp3) is 0.478. The van der Waals surface area contributed by atoms with Gasteiger partial charge in [-0.2, -0.15) is 11.8 Å². The summed E-state index contributed by atoms with van der Waals surface area (Å²) in [7, 11) is 0. The molecule has 1 aromatic rings. The highest BCUT2D eigenvalue weighted by molar-refractivity contribution is 7.99. The van der Waals surface area contributed by atoms with Gasteiger partial charge in [0.1, 0.15) is 0 Å². The predicted octanol–water partition coefficient (Wildman–Crippen LogP) is 5.93. The number of hydrogen-bond donors (Lipinski definition) is 1. The van der Waals surface area contributed by atoms with Crippen molar-refractivity contribution in [1.82, 2.24) is 0 Å². The van der Waals surface area contributed by atoms with Crippen molar-refractivity contribution in [2.45, 2.75) is 52.9 Å². The Bertz CT molecular complexity index is 740. The number of Topliss-reactive ketones (excluding diaryl/α,β-unsaturated/α-hetero) is 1. The topological polar surface area (TPSA) is 54.4 Å². The Kier molecular flexibility index (Phi) is 7.91. The van der Waals surface area contributed by atoms with Crippen LogP contribution in [0.5, 0.6) is 0 Å². The van der Waals surface area contributed by atoms with Crippen LogP contribution in [-0.2, 0) is 4.79 Å². The van der Waals surface area contributed by atoms with Gasteiger partial charge in [-0.1, -0.05) is 37.3 Å². The minimum atomic E-state index is -0.893. The second-order valence-corrected chi connectivity index (χ2v) is 8.55. The molecule has 0 spiro atoms. The van der Waals surface area contributed by atoms with Crippen molar-refractivity contribution in [1.29, 1.82) is 0 Å². The Morgan fingerprint density at radius 3 is 2.52 bits per heavy atom. The number of benzene rings is 1. The number of carboxylic acids is 1. The summed E-state index contributed by atoms with van der Waals surface area (Å²) >= 11 is 1.77. The minimum absolute atomic E-state index is 0.0635. The van der Waals surface area contributed by atoms with Crippen LogP contribution in [0.3, 0.4) is 0 Å². The van der Waals surface area contributed by atoms with Crippen LogP contribution in [0.25, 0.3) is 5.57 Å². The van der Waals surface area contributed by atoms with Gasteiger partial charge in [0.25, 0.3) is 0 Å². The van der Waals surface area contributed by atoms with Gasteiger partial charge in [0.05, 0.1) is 5.41 Å². The van der Waals surface area contributed by atoms with Crippen molar-refractivity contribution in [3.63, 3.8) is 0 Å². The zero-order chi connectivity index (χ0) is 19.9. The molecule has 2 rings (SSSR count). The average Bonchev–Trinajstić information content (AvgIpc) is 2.65. The number of allylic oxidation sites excluding steroid dienone is 4. The van der Waals surface area contributed by atoms with Crippen molar-refractivity contribution >= 4 is 29.1 Å². The van der Waals surface area contributed by atoms with Crippen molar-refractivity contribution in [3.05, 3.63) is 53.1 Å². The molecule has 0 aliphatic carbocycles. The van der Waals surface area contributed by atoms with Crippen LogP contribution < -0.4 is 0 Å². The Labute approximate surface area is 166 Å². The summed E-state index contributed by atoms with van der Waals surface area (Å²) in [6, 6.07) is 5.74. The van der Waals surface area contributed by atoms with E-state index in [1.54, 1.807) is 11.8 Å². The molecule has 1 aliphatic rings. The number of aliphatic carboxylic acids is 1. The Morgan fingerprint density at radius 2 is 1.93 bits per heavy atom. The van der Waals surface area contributed by atoms with Crippen LogP contribution >= 0.6 is 11.8 Å². The third-order valence-electron chi connectivity index (χ3n) is 5.34. The molecule has 1 aliphatic heterocycles. The molecule has 0 bridgehead atoms. The van der Waals surface area contributed by atoms with Gasteiger partial charge in [-0.15, -0.1) is 0 Å². The summed E-state index contributed by atoms with van der Waals surface area (Å²) in [6.45, 7) is 6.21. The molecule has 0 atom stereocenters. The lowest BCUT2D eigenvalue weighted by Gasteiger charge is -2.32. The molecule has 1 fully saturated rings. The number of thioether (sulfide) groups is 1. The highest BCUT2D eigenvalue weighted by Gasteiger charge is 2.41. The van der Waals surface area contributed by atoms with Crippen LogP contribution in [0.2, 0.25) is 0 Å². The van der Waals surface area contributed by atoms with E-state index in [4.69, 9.17) is 0 Å². The molecule has 1 N–H and O–H groups in total. The minimum Gasteiger partial charge on any atom is -0.481 e. The Balaban J connectivity index is 2.15. The molecule has 0 saturated carbocycles. The lowest BCUT2D eigenvalue weighted by atomic mass is 9.76. The first-order chi connectivity index (χ1) is 12.9. The standard InChI is InChI=1S/C23H30O3S/c1-4-5-6-7-8-17(2)20-10-9-19(15-18(20)3)21(24)16-23(22(25)26)11-13-27-14-12-23/h5-6,8-10,15H,4,7,11-14,16H2,1-3H3,(H,25,26)/b6-5-,17-8+. The van der Waals surface area contributed by atoms with E-state index < -0.39 is 11.4 Å². The number of hydrogen-bond acceptors (Lipinski definition) is 3. The number of carbonyl (C=O) groups is 2. The van der Waals surface area contributed by atoms with Crippen LogP contribution in [0.15, 0.2) is 36.4 Å². The second kappa shape index (κ2) is 9.93. The average molecular weight is 387 g/mol. The van der Waals surface area contributed by atoms with Gasteiger partial charge in [0.2, 0.25) is 0 Å². The molecule has 27 heavy (non-hydrogen) atoms. The molecule has 1 saturated heterocycles.